The molecule has 8 heteroatoms. The van der Waals surface area contributed by atoms with Gasteiger partial charge in [0.2, 0.25) is 10.0 Å². The van der Waals surface area contributed by atoms with Crippen LogP contribution in [0, 0.1) is 0 Å². The van der Waals surface area contributed by atoms with Crippen LogP contribution in [0.5, 0.6) is 0 Å². The molecule has 0 saturated carbocycles. The lowest BCUT2D eigenvalue weighted by atomic mass is 10.0. The second kappa shape index (κ2) is 10.4. The molecule has 3 heterocycles. The molecule has 32 heavy (non-hydrogen) atoms. The van der Waals surface area contributed by atoms with Gasteiger partial charge in [0.15, 0.2) is 0 Å². The van der Waals surface area contributed by atoms with Crippen molar-refractivity contribution in [1.82, 2.24) is 19.1 Å². The van der Waals surface area contributed by atoms with Crippen LogP contribution in [0.1, 0.15) is 17.7 Å². The van der Waals surface area contributed by atoms with Gasteiger partial charge in [0.25, 0.3) is 0 Å². The van der Waals surface area contributed by atoms with Crippen molar-refractivity contribution in [3.05, 3.63) is 58.9 Å². The average molecular weight is 473 g/mol. The highest BCUT2D eigenvalue weighted by atomic mass is 32.2. The molecule has 1 aromatic carbocycles. The van der Waals surface area contributed by atoms with Gasteiger partial charge in [-0.25, -0.2) is 8.42 Å². The van der Waals surface area contributed by atoms with Crippen molar-refractivity contribution < 1.29 is 8.42 Å². The third-order valence-corrected chi connectivity index (χ3v) is 9.09. The molecule has 0 bridgehead atoms. The summed E-state index contributed by atoms with van der Waals surface area (Å²) in [5.41, 5.74) is 0.554. The normalized spacial score (nSPS) is 16.4. The number of likely N-dealkylation sites (N-methyl/N-ethyl adjacent to an activating group) is 1. The number of likely N-dealkylation sites (tertiary alicyclic amines) is 1. The molecule has 4 rings (SSSR count). The lowest BCUT2D eigenvalue weighted by molar-refractivity contribution is 0.155. The number of piperidine rings is 1. The first-order valence-corrected chi connectivity index (χ1v) is 13.5. The van der Waals surface area contributed by atoms with Crippen molar-refractivity contribution in [3.8, 4) is 0 Å². The first-order chi connectivity index (χ1) is 15.4. The predicted molar refractivity (Wildman–Crippen MR) is 132 cm³/mol. The fourth-order valence-electron chi connectivity index (χ4n) is 4.36. The number of fused-ring (bicyclic) bond motifs is 1. The van der Waals surface area contributed by atoms with Gasteiger partial charge in [0, 0.05) is 42.1 Å². The second-order valence-electron chi connectivity index (χ2n) is 8.65. The van der Waals surface area contributed by atoms with Crippen LogP contribution in [-0.2, 0) is 16.4 Å². The Bertz CT molecular complexity index is 1100. The minimum atomic E-state index is -3.66. The maximum atomic E-state index is 13.9. The van der Waals surface area contributed by atoms with Gasteiger partial charge >= 0.3 is 0 Å². The molecule has 0 radical (unpaired) electrons. The Labute approximate surface area is 195 Å². The van der Waals surface area contributed by atoms with Crippen molar-refractivity contribution in [1.29, 1.82) is 0 Å². The summed E-state index contributed by atoms with van der Waals surface area (Å²) in [5.74, 6) is 0. The zero-order chi connectivity index (χ0) is 22.6. The standard InChI is InChI=1S/C24H32N4O2S2/c1-26(2)17-18-28(21-10-14-27(15-11-21)16-12-22-8-5-19-31-22)32(29,30)23-9-3-6-20-7-4-13-25-24(20)23/h3-9,13,19,21H,10-12,14-18H2,1-2H3. The molecule has 0 spiro atoms. The summed E-state index contributed by atoms with van der Waals surface area (Å²) in [6, 6.07) is 13.5. The lowest BCUT2D eigenvalue weighted by Gasteiger charge is -2.38. The summed E-state index contributed by atoms with van der Waals surface area (Å²) in [5, 5.41) is 2.97. The Balaban J connectivity index is 1.52. The van der Waals surface area contributed by atoms with Crippen molar-refractivity contribution in [2.75, 3.05) is 46.8 Å². The van der Waals surface area contributed by atoms with Crippen LogP contribution < -0.4 is 0 Å². The number of pyridine rings is 1. The fraction of sp³-hybridized carbons (Fsp3) is 0.458. The van der Waals surface area contributed by atoms with Crippen molar-refractivity contribution in [2.45, 2.75) is 30.2 Å². The number of para-hydroxylation sites is 1. The highest BCUT2D eigenvalue weighted by Gasteiger charge is 2.34. The zero-order valence-corrected chi connectivity index (χ0v) is 20.5. The van der Waals surface area contributed by atoms with E-state index in [-0.39, 0.29) is 6.04 Å². The molecule has 1 aliphatic rings. The molecule has 6 nitrogen and oxygen atoms in total. The van der Waals surface area contributed by atoms with E-state index < -0.39 is 10.0 Å². The Morgan fingerprint density at radius 3 is 2.56 bits per heavy atom. The summed E-state index contributed by atoms with van der Waals surface area (Å²) >= 11 is 1.80. The topological polar surface area (TPSA) is 56.8 Å². The van der Waals surface area contributed by atoms with Crippen LogP contribution in [0.2, 0.25) is 0 Å². The molecule has 1 saturated heterocycles. The molecule has 1 aliphatic heterocycles. The van der Waals surface area contributed by atoms with Crippen LogP contribution in [0.3, 0.4) is 0 Å². The molecule has 0 amide bonds. The van der Waals surface area contributed by atoms with Gasteiger partial charge in [-0.1, -0.05) is 24.3 Å². The summed E-state index contributed by atoms with van der Waals surface area (Å²) in [4.78, 5) is 10.6. The van der Waals surface area contributed by atoms with E-state index in [1.165, 1.54) is 4.88 Å². The van der Waals surface area contributed by atoms with E-state index in [1.807, 2.05) is 43.3 Å². The number of rotatable bonds is 9. The molecule has 172 valence electrons. The highest BCUT2D eigenvalue weighted by Crippen LogP contribution is 2.28. The number of benzene rings is 1. The second-order valence-corrected chi connectivity index (χ2v) is 11.5. The SMILES string of the molecule is CN(C)CCN(C1CCN(CCc2cccs2)CC1)S(=O)(=O)c1cccc2cccnc12. The molecule has 2 aromatic heterocycles. The number of aromatic nitrogens is 1. The van der Waals surface area contributed by atoms with Crippen LogP contribution in [0.15, 0.2) is 58.9 Å². The molecule has 3 aromatic rings. The van der Waals surface area contributed by atoms with Gasteiger partial charge in [-0.3, -0.25) is 4.98 Å². The fourth-order valence-corrected chi connectivity index (χ4v) is 6.90. The zero-order valence-electron chi connectivity index (χ0n) is 18.9. The van der Waals surface area contributed by atoms with Crippen LogP contribution in [0.4, 0.5) is 0 Å². The van der Waals surface area contributed by atoms with Crippen molar-refractivity contribution in [2.24, 2.45) is 0 Å². The number of hydrogen-bond donors (Lipinski definition) is 0. The van der Waals surface area contributed by atoms with E-state index in [0.29, 0.717) is 23.5 Å². The molecule has 0 unspecified atom stereocenters. The Morgan fingerprint density at radius 1 is 1.06 bits per heavy atom. The van der Waals surface area contributed by atoms with Crippen LogP contribution in [-0.4, -0.2) is 80.4 Å². The summed E-state index contributed by atoms with van der Waals surface area (Å²) in [7, 11) is 0.306. The minimum Gasteiger partial charge on any atom is -0.308 e. The minimum absolute atomic E-state index is 0.0110. The molecule has 0 N–H and O–H groups in total. The van der Waals surface area contributed by atoms with Gasteiger partial charge < -0.3 is 9.80 Å². The quantitative estimate of drug-likeness (QED) is 0.477. The third-order valence-electron chi connectivity index (χ3n) is 6.17. The number of hydrogen-bond acceptors (Lipinski definition) is 6. The number of sulfonamides is 1. The molecule has 0 aliphatic carbocycles. The smallest absolute Gasteiger partial charge is 0.245 e. The maximum absolute atomic E-state index is 13.9. The van der Waals surface area contributed by atoms with Gasteiger partial charge in [-0.2, -0.15) is 4.31 Å². The van der Waals surface area contributed by atoms with E-state index in [0.717, 1.165) is 44.3 Å². The van der Waals surface area contributed by atoms with E-state index in [9.17, 15) is 8.42 Å². The Morgan fingerprint density at radius 2 is 1.84 bits per heavy atom. The predicted octanol–water partition coefficient (Wildman–Crippen LogP) is 3.56. The molecule has 0 atom stereocenters. The summed E-state index contributed by atoms with van der Waals surface area (Å²) in [6.07, 6.45) is 4.44. The maximum Gasteiger partial charge on any atom is 0.245 e. The van der Waals surface area contributed by atoms with Crippen LogP contribution >= 0.6 is 11.3 Å². The van der Waals surface area contributed by atoms with E-state index in [1.54, 1.807) is 27.9 Å². The Hall–Kier alpha value is -1.84. The first kappa shape index (κ1) is 23.3. The van der Waals surface area contributed by atoms with Gasteiger partial charge in [0.05, 0.1) is 5.52 Å². The van der Waals surface area contributed by atoms with E-state index >= 15 is 0 Å². The average Bonchev–Trinajstić information content (AvgIpc) is 3.31. The van der Waals surface area contributed by atoms with E-state index in [2.05, 4.69) is 27.4 Å². The number of nitrogens with zero attached hydrogens (tertiary/aromatic N) is 4. The van der Waals surface area contributed by atoms with Crippen LogP contribution in [0.25, 0.3) is 10.9 Å². The Kier molecular flexibility index (Phi) is 7.58. The monoisotopic (exact) mass is 472 g/mol. The molecular weight excluding hydrogens is 440 g/mol. The molecular formula is C24H32N4O2S2. The van der Waals surface area contributed by atoms with E-state index in [4.69, 9.17) is 0 Å². The molecule has 1 fully saturated rings. The lowest BCUT2D eigenvalue weighted by Crippen LogP contribution is -2.49. The van der Waals surface area contributed by atoms with Gasteiger partial charge in [-0.05, 0) is 70.0 Å². The van der Waals surface area contributed by atoms with Gasteiger partial charge in [0.1, 0.15) is 4.90 Å². The van der Waals surface area contributed by atoms with Crippen molar-refractivity contribution in [3.63, 3.8) is 0 Å². The number of thiophene rings is 1. The largest absolute Gasteiger partial charge is 0.308 e. The third kappa shape index (κ3) is 5.38. The summed E-state index contributed by atoms with van der Waals surface area (Å²) in [6.45, 7) is 4.06. The van der Waals surface area contributed by atoms with Gasteiger partial charge in [-0.15, -0.1) is 11.3 Å². The summed E-state index contributed by atoms with van der Waals surface area (Å²) < 4.78 is 29.5. The van der Waals surface area contributed by atoms with Crippen molar-refractivity contribution >= 4 is 32.3 Å². The first-order valence-electron chi connectivity index (χ1n) is 11.2. The highest BCUT2D eigenvalue weighted by molar-refractivity contribution is 7.89.